The van der Waals surface area contributed by atoms with E-state index in [2.05, 4.69) is 5.32 Å². The van der Waals surface area contributed by atoms with Crippen molar-refractivity contribution in [2.75, 3.05) is 23.4 Å². The SMILES string of the molecule is C[C@@H](/C=C/CCO)[C@]1(O)C(=O)Nc2ccc(N3C(=O)COc4ccccc43)cc21. The Morgan fingerprint density at radius 2 is 2.07 bits per heavy atom. The molecule has 2 aliphatic rings. The van der Waals surface area contributed by atoms with Gasteiger partial charge in [0.15, 0.2) is 12.2 Å². The first-order valence-electron chi connectivity index (χ1n) is 9.47. The molecular formula is C22H22N2O5. The Hall–Kier alpha value is -3.16. The quantitative estimate of drug-likeness (QED) is 0.677. The molecule has 0 radical (unpaired) electrons. The second-order valence-corrected chi connectivity index (χ2v) is 7.17. The van der Waals surface area contributed by atoms with E-state index in [0.29, 0.717) is 34.8 Å². The summed E-state index contributed by atoms with van der Waals surface area (Å²) in [4.78, 5) is 26.8. The molecular weight excluding hydrogens is 372 g/mol. The lowest BCUT2D eigenvalue weighted by atomic mass is 9.82. The number of aliphatic hydroxyl groups is 2. The summed E-state index contributed by atoms with van der Waals surface area (Å²) in [5.74, 6) is -0.685. The van der Waals surface area contributed by atoms with E-state index in [1.165, 1.54) is 4.90 Å². The van der Waals surface area contributed by atoms with Gasteiger partial charge in [-0.25, -0.2) is 0 Å². The molecule has 2 heterocycles. The molecule has 2 aromatic rings. The van der Waals surface area contributed by atoms with Crippen molar-refractivity contribution >= 4 is 28.9 Å². The van der Waals surface area contributed by atoms with Gasteiger partial charge in [-0.15, -0.1) is 0 Å². The number of nitrogens with one attached hydrogen (secondary N) is 1. The average molecular weight is 394 g/mol. The number of anilines is 3. The normalized spacial score (nSPS) is 21.6. The van der Waals surface area contributed by atoms with Crippen LogP contribution >= 0.6 is 0 Å². The van der Waals surface area contributed by atoms with E-state index < -0.39 is 17.4 Å². The molecule has 29 heavy (non-hydrogen) atoms. The fourth-order valence-electron chi connectivity index (χ4n) is 3.79. The number of para-hydroxylation sites is 2. The third kappa shape index (κ3) is 3.08. The van der Waals surface area contributed by atoms with Crippen LogP contribution in [-0.2, 0) is 15.2 Å². The van der Waals surface area contributed by atoms with Crippen molar-refractivity contribution in [1.29, 1.82) is 0 Å². The molecule has 0 bridgehead atoms. The van der Waals surface area contributed by atoms with Gasteiger partial charge in [0.2, 0.25) is 0 Å². The lowest BCUT2D eigenvalue weighted by Crippen LogP contribution is -2.40. The fraction of sp³-hybridized carbons (Fsp3) is 0.273. The van der Waals surface area contributed by atoms with Crippen LogP contribution in [0.2, 0.25) is 0 Å². The lowest BCUT2D eigenvalue weighted by molar-refractivity contribution is -0.137. The lowest BCUT2D eigenvalue weighted by Gasteiger charge is -2.31. The van der Waals surface area contributed by atoms with Gasteiger partial charge in [-0.05, 0) is 36.8 Å². The van der Waals surface area contributed by atoms with E-state index in [4.69, 9.17) is 9.84 Å². The van der Waals surface area contributed by atoms with E-state index >= 15 is 0 Å². The maximum Gasteiger partial charge on any atom is 0.269 e. The number of rotatable bonds is 5. The monoisotopic (exact) mass is 394 g/mol. The molecule has 2 atom stereocenters. The van der Waals surface area contributed by atoms with Crippen molar-refractivity contribution in [3.8, 4) is 5.75 Å². The van der Waals surface area contributed by atoms with Crippen molar-refractivity contribution in [2.45, 2.75) is 18.9 Å². The van der Waals surface area contributed by atoms with Crippen molar-refractivity contribution < 1.29 is 24.5 Å². The van der Waals surface area contributed by atoms with Gasteiger partial charge >= 0.3 is 0 Å². The zero-order valence-corrected chi connectivity index (χ0v) is 16.0. The zero-order chi connectivity index (χ0) is 20.6. The van der Waals surface area contributed by atoms with Crippen LogP contribution in [0.5, 0.6) is 5.75 Å². The van der Waals surface area contributed by atoms with Gasteiger partial charge in [0, 0.05) is 29.5 Å². The minimum absolute atomic E-state index is 0.00681. The maximum absolute atomic E-state index is 12.6. The minimum Gasteiger partial charge on any atom is -0.482 e. The van der Waals surface area contributed by atoms with Gasteiger partial charge in [0.25, 0.3) is 11.8 Å². The summed E-state index contributed by atoms with van der Waals surface area (Å²) in [7, 11) is 0. The number of carbonyl (C=O) groups is 2. The molecule has 4 rings (SSSR count). The largest absolute Gasteiger partial charge is 0.482 e. The summed E-state index contributed by atoms with van der Waals surface area (Å²) in [6.45, 7) is 1.65. The number of amides is 2. The summed E-state index contributed by atoms with van der Waals surface area (Å²) in [6, 6.07) is 12.3. The molecule has 0 spiro atoms. The Morgan fingerprint density at radius 1 is 1.28 bits per heavy atom. The Labute approximate surface area is 168 Å². The predicted molar refractivity (Wildman–Crippen MR) is 108 cm³/mol. The number of hydrogen-bond acceptors (Lipinski definition) is 5. The van der Waals surface area contributed by atoms with Crippen LogP contribution in [0.25, 0.3) is 0 Å². The number of hydrogen-bond donors (Lipinski definition) is 3. The first-order valence-corrected chi connectivity index (χ1v) is 9.47. The highest BCUT2D eigenvalue weighted by atomic mass is 16.5. The summed E-state index contributed by atoms with van der Waals surface area (Å²) >= 11 is 0. The second-order valence-electron chi connectivity index (χ2n) is 7.17. The van der Waals surface area contributed by atoms with Crippen molar-refractivity contribution in [3.63, 3.8) is 0 Å². The highest BCUT2D eigenvalue weighted by molar-refractivity contribution is 6.08. The molecule has 2 aromatic carbocycles. The highest BCUT2D eigenvalue weighted by Gasteiger charge is 2.49. The molecule has 3 N–H and O–H groups in total. The van der Waals surface area contributed by atoms with Gasteiger partial charge in [-0.3, -0.25) is 14.5 Å². The Bertz CT molecular complexity index is 1000. The number of fused-ring (bicyclic) bond motifs is 2. The Balaban J connectivity index is 1.77. The smallest absolute Gasteiger partial charge is 0.269 e. The number of carbonyl (C=O) groups excluding carboxylic acids is 2. The van der Waals surface area contributed by atoms with Crippen LogP contribution in [0.4, 0.5) is 17.1 Å². The fourth-order valence-corrected chi connectivity index (χ4v) is 3.79. The Morgan fingerprint density at radius 3 is 2.86 bits per heavy atom. The molecule has 7 heteroatoms. The van der Waals surface area contributed by atoms with E-state index in [1.54, 1.807) is 49.4 Å². The molecule has 7 nitrogen and oxygen atoms in total. The van der Waals surface area contributed by atoms with E-state index in [-0.39, 0.29) is 19.1 Å². The molecule has 0 aliphatic carbocycles. The molecule has 0 aromatic heterocycles. The molecule has 0 fully saturated rings. The molecule has 2 aliphatic heterocycles. The highest BCUT2D eigenvalue weighted by Crippen LogP contribution is 2.45. The maximum atomic E-state index is 12.6. The first-order chi connectivity index (χ1) is 14.0. The number of benzene rings is 2. The van der Waals surface area contributed by atoms with Crippen LogP contribution in [0.1, 0.15) is 18.9 Å². The third-order valence-electron chi connectivity index (χ3n) is 5.35. The van der Waals surface area contributed by atoms with Gasteiger partial charge in [0.05, 0.1) is 5.69 Å². The Kier molecular flexibility index (Phi) is 4.86. The van der Waals surface area contributed by atoms with Gasteiger partial charge in [0.1, 0.15) is 5.75 Å². The third-order valence-corrected chi connectivity index (χ3v) is 5.35. The minimum atomic E-state index is -1.77. The number of ether oxygens (including phenoxy) is 1. The summed E-state index contributed by atoms with van der Waals surface area (Å²) in [6.07, 6.45) is 3.89. The van der Waals surface area contributed by atoms with E-state index in [1.807, 2.05) is 12.1 Å². The molecule has 150 valence electrons. The molecule has 2 amide bonds. The standard InChI is InChI=1S/C22H22N2O5/c1-14(6-4-5-11-25)22(28)16-12-15(9-10-17(16)23-21(22)27)24-18-7-2-3-8-19(18)29-13-20(24)26/h2-4,6-10,12,14,25,28H,5,11,13H2,1H3,(H,23,27)/b6-4+/t14-,22+/m0/s1. The van der Waals surface area contributed by atoms with Crippen LogP contribution in [0, 0.1) is 5.92 Å². The van der Waals surface area contributed by atoms with Crippen LogP contribution in [0.3, 0.4) is 0 Å². The van der Waals surface area contributed by atoms with Gasteiger partial charge in [-0.2, -0.15) is 0 Å². The van der Waals surface area contributed by atoms with E-state index in [9.17, 15) is 14.7 Å². The molecule has 0 saturated heterocycles. The summed E-state index contributed by atoms with van der Waals surface area (Å²) in [5, 5.41) is 23.0. The van der Waals surface area contributed by atoms with Crippen LogP contribution in [-0.4, -0.2) is 35.2 Å². The molecule has 0 unspecified atom stereocenters. The predicted octanol–water partition coefficient (Wildman–Crippen LogP) is 2.46. The van der Waals surface area contributed by atoms with Gasteiger partial charge < -0.3 is 20.3 Å². The second kappa shape index (κ2) is 7.35. The molecule has 0 saturated carbocycles. The zero-order valence-electron chi connectivity index (χ0n) is 16.0. The number of nitrogens with zero attached hydrogens (tertiary/aromatic N) is 1. The van der Waals surface area contributed by atoms with E-state index in [0.717, 1.165) is 0 Å². The van der Waals surface area contributed by atoms with Gasteiger partial charge in [-0.1, -0.05) is 31.2 Å². The van der Waals surface area contributed by atoms with Crippen molar-refractivity contribution in [1.82, 2.24) is 0 Å². The van der Waals surface area contributed by atoms with Crippen molar-refractivity contribution in [3.05, 3.63) is 60.2 Å². The topological polar surface area (TPSA) is 99.1 Å². The average Bonchev–Trinajstić information content (AvgIpc) is 2.99. The van der Waals surface area contributed by atoms with Crippen LogP contribution < -0.4 is 15.0 Å². The summed E-state index contributed by atoms with van der Waals surface area (Å²) < 4.78 is 5.49. The summed E-state index contributed by atoms with van der Waals surface area (Å²) in [5.41, 5.74) is 0.313. The number of aliphatic hydroxyl groups excluding tert-OH is 1. The van der Waals surface area contributed by atoms with Crippen molar-refractivity contribution in [2.24, 2.45) is 5.92 Å². The first kappa shape index (κ1) is 19.2. The van der Waals surface area contributed by atoms with Crippen LogP contribution in [0.15, 0.2) is 54.6 Å².